The van der Waals surface area contributed by atoms with Crippen LogP contribution in [0.25, 0.3) is 0 Å². The normalized spacial score (nSPS) is 12.9. The molecule has 1 unspecified atom stereocenters. The first-order valence-corrected chi connectivity index (χ1v) is 6.06. The first-order chi connectivity index (χ1) is 7.51. The molecular formula is C12H18BrNO2. The zero-order valence-electron chi connectivity index (χ0n) is 9.83. The zero-order chi connectivity index (χ0) is 12.3. The summed E-state index contributed by atoms with van der Waals surface area (Å²) in [7, 11) is 1.61. The summed E-state index contributed by atoms with van der Waals surface area (Å²) >= 11 is 3.43. The second-order valence-electron chi connectivity index (χ2n) is 4.02. The van der Waals surface area contributed by atoms with Gasteiger partial charge in [-0.25, -0.2) is 0 Å². The van der Waals surface area contributed by atoms with Crippen LogP contribution in [0.15, 0.2) is 16.6 Å². The van der Waals surface area contributed by atoms with Gasteiger partial charge in [-0.15, -0.1) is 0 Å². The van der Waals surface area contributed by atoms with Crippen LogP contribution < -0.4 is 10.5 Å². The fourth-order valence-electron chi connectivity index (χ4n) is 1.68. The Hall–Kier alpha value is -0.580. The van der Waals surface area contributed by atoms with Gasteiger partial charge >= 0.3 is 0 Å². The monoisotopic (exact) mass is 287 g/mol. The molecule has 16 heavy (non-hydrogen) atoms. The molecule has 90 valence electrons. The summed E-state index contributed by atoms with van der Waals surface area (Å²) in [6, 6.07) is 3.86. The molecule has 0 amide bonds. The number of hydrogen-bond donors (Lipinski definition) is 2. The molecule has 0 aliphatic carbocycles. The molecule has 1 aromatic rings. The minimum absolute atomic E-state index is 0.185. The third-order valence-corrected chi connectivity index (χ3v) is 2.98. The summed E-state index contributed by atoms with van der Waals surface area (Å²) in [4.78, 5) is 0. The van der Waals surface area contributed by atoms with Crippen molar-refractivity contribution in [1.29, 1.82) is 0 Å². The van der Waals surface area contributed by atoms with E-state index in [4.69, 9.17) is 10.5 Å². The lowest BCUT2D eigenvalue weighted by molar-refractivity contribution is 0.181. The second-order valence-corrected chi connectivity index (χ2v) is 4.94. The van der Waals surface area contributed by atoms with Crippen LogP contribution in [0.2, 0.25) is 0 Å². The maximum Gasteiger partial charge on any atom is 0.128 e. The van der Waals surface area contributed by atoms with Crippen molar-refractivity contribution in [3.63, 3.8) is 0 Å². The van der Waals surface area contributed by atoms with E-state index in [0.717, 1.165) is 21.3 Å². The Labute approximate surface area is 105 Å². The van der Waals surface area contributed by atoms with Gasteiger partial charge in [0.2, 0.25) is 0 Å². The van der Waals surface area contributed by atoms with Gasteiger partial charge in [-0.05, 0) is 23.6 Å². The van der Waals surface area contributed by atoms with Gasteiger partial charge in [0.25, 0.3) is 0 Å². The molecule has 0 saturated heterocycles. The smallest absolute Gasteiger partial charge is 0.128 e. The average Bonchev–Trinajstić information content (AvgIpc) is 2.26. The van der Waals surface area contributed by atoms with E-state index in [1.54, 1.807) is 7.11 Å². The quantitative estimate of drug-likeness (QED) is 0.895. The Balaban J connectivity index is 3.35. The maximum absolute atomic E-state index is 9.85. The van der Waals surface area contributed by atoms with Gasteiger partial charge in [0.05, 0.1) is 13.2 Å². The number of methoxy groups -OCH3 is 1. The number of halogens is 1. The molecule has 0 aromatic heterocycles. The van der Waals surface area contributed by atoms with E-state index in [-0.39, 0.29) is 6.54 Å². The number of ether oxygens (including phenoxy) is 1. The summed E-state index contributed by atoms with van der Waals surface area (Å²) in [6.45, 7) is 4.36. The number of benzene rings is 1. The SMILES string of the molecule is COc1c(C(C)C)cc(Br)cc1C(O)CN. The maximum atomic E-state index is 9.85. The van der Waals surface area contributed by atoms with E-state index >= 15 is 0 Å². The molecule has 0 fully saturated rings. The highest BCUT2D eigenvalue weighted by atomic mass is 79.9. The summed E-state index contributed by atoms with van der Waals surface area (Å²) in [5.41, 5.74) is 7.29. The Bertz CT molecular complexity index is 366. The van der Waals surface area contributed by atoms with E-state index in [1.165, 1.54) is 0 Å². The molecule has 0 bridgehead atoms. The molecule has 1 aromatic carbocycles. The van der Waals surface area contributed by atoms with Gasteiger partial charge in [0, 0.05) is 16.6 Å². The molecule has 1 atom stereocenters. The van der Waals surface area contributed by atoms with Crippen molar-refractivity contribution in [2.24, 2.45) is 5.73 Å². The standard InChI is InChI=1S/C12H18BrNO2/c1-7(2)9-4-8(13)5-10(11(15)6-14)12(9)16-3/h4-5,7,11,15H,6,14H2,1-3H3. The fraction of sp³-hybridized carbons (Fsp3) is 0.500. The predicted octanol–water partition coefficient (Wildman–Crippen LogP) is 2.57. The van der Waals surface area contributed by atoms with Crippen LogP contribution in [0, 0.1) is 0 Å². The van der Waals surface area contributed by atoms with E-state index in [0.29, 0.717) is 5.92 Å². The van der Waals surface area contributed by atoms with Crippen LogP contribution in [0.5, 0.6) is 5.75 Å². The lowest BCUT2D eigenvalue weighted by Crippen LogP contribution is -2.13. The highest BCUT2D eigenvalue weighted by Gasteiger charge is 2.18. The first-order valence-electron chi connectivity index (χ1n) is 5.26. The van der Waals surface area contributed by atoms with Crippen LogP contribution in [-0.2, 0) is 0 Å². The van der Waals surface area contributed by atoms with Crippen molar-refractivity contribution in [3.05, 3.63) is 27.7 Å². The molecule has 4 heteroatoms. The molecule has 1 rings (SSSR count). The van der Waals surface area contributed by atoms with Crippen LogP contribution in [0.3, 0.4) is 0 Å². The van der Waals surface area contributed by atoms with Crippen LogP contribution in [0.1, 0.15) is 37.0 Å². The average molecular weight is 288 g/mol. The molecule has 0 aliphatic heterocycles. The summed E-state index contributed by atoms with van der Waals surface area (Å²) in [5.74, 6) is 1.06. The van der Waals surface area contributed by atoms with Crippen molar-refractivity contribution >= 4 is 15.9 Å². The van der Waals surface area contributed by atoms with Crippen LogP contribution >= 0.6 is 15.9 Å². The summed E-state index contributed by atoms with van der Waals surface area (Å²) < 4.78 is 6.31. The van der Waals surface area contributed by atoms with Gasteiger partial charge < -0.3 is 15.6 Å². The highest BCUT2D eigenvalue weighted by Crippen LogP contribution is 2.36. The lowest BCUT2D eigenvalue weighted by atomic mass is 9.97. The molecule has 0 spiro atoms. The lowest BCUT2D eigenvalue weighted by Gasteiger charge is -2.19. The van der Waals surface area contributed by atoms with Crippen molar-refractivity contribution in [2.75, 3.05) is 13.7 Å². The summed E-state index contributed by atoms with van der Waals surface area (Å²) in [6.07, 6.45) is -0.690. The second kappa shape index (κ2) is 5.66. The van der Waals surface area contributed by atoms with Crippen LogP contribution in [0.4, 0.5) is 0 Å². The number of aliphatic hydroxyl groups excluding tert-OH is 1. The van der Waals surface area contributed by atoms with Gasteiger partial charge in [-0.3, -0.25) is 0 Å². The fourth-order valence-corrected chi connectivity index (χ4v) is 2.17. The van der Waals surface area contributed by atoms with E-state index in [1.807, 2.05) is 12.1 Å². The van der Waals surface area contributed by atoms with Crippen molar-refractivity contribution in [1.82, 2.24) is 0 Å². The van der Waals surface area contributed by atoms with Gasteiger partial charge in [-0.2, -0.15) is 0 Å². The molecule has 0 radical (unpaired) electrons. The van der Waals surface area contributed by atoms with Crippen LogP contribution in [-0.4, -0.2) is 18.8 Å². The molecule has 0 heterocycles. The largest absolute Gasteiger partial charge is 0.496 e. The van der Waals surface area contributed by atoms with Gasteiger partial charge in [0.15, 0.2) is 0 Å². The number of nitrogens with two attached hydrogens (primary N) is 1. The number of aliphatic hydroxyl groups is 1. The minimum Gasteiger partial charge on any atom is -0.496 e. The Kier molecular flexibility index (Phi) is 4.77. The number of rotatable bonds is 4. The van der Waals surface area contributed by atoms with E-state index in [9.17, 15) is 5.11 Å². The van der Waals surface area contributed by atoms with Crippen molar-refractivity contribution in [3.8, 4) is 5.75 Å². The predicted molar refractivity (Wildman–Crippen MR) is 68.8 cm³/mol. The Morgan fingerprint density at radius 1 is 1.38 bits per heavy atom. The van der Waals surface area contributed by atoms with Gasteiger partial charge in [-0.1, -0.05) is 29.8 Å². The van der Waals surface area contributed by atoms with E-state index < -0.39 is 6.10 Å². The highest BCUT2D eigenvalue weighted by molar-refractivity contribution is 9.10. The topological polar surface area (TPSA) is 55.5 Å². The third kappa shape index (κ3) is 2.75. The van der Waals surface area contributed by atoms with Crippen molar-refractivity contribution < 1.29 is 9.84 Å². The Morgan fingerprint density at radius 3 is 2.38 bits per heavy atom. The molecule has 0 saturated carbocycles. The Morgan fingerprint density at radius 2 is 1.94 bits per heavy atom. The zero-order valence-corrected chi connectivity index (χ0v) is 11.4. The third-order valence-electron chi connectivity index (χ3n) is 2.52. The molecular weight excluding hydrogens is 270 g/mol. The minimum atomic E-state index is -0.690. The van der Waals surface area contributed by atoms with E-state index in [2.05, 4.69) is 29.8 Å². The van der Waals surface area contributed by atoms with Gasteiger partial charge in [0.1, 0.15) is 5.75 Å². The molecule has 0 aliphatic rings. The molecule has 3 nitrogen and oxygen atoms in total. The first kappa shape index (κ1) is 13.5. The van der Waals surface area contributed by atoms with Crippen molar-refractivity contribution in [2.45, 2.75) is 25.9 Å². The molecule has 3 N–H and O–H groups in total. The summed E-state index contributed by atoms with van der Waals surface area (Å²) in [5, 5.41) is 9.85. The number of hydrogen-bond acceptors (Lipinski definition) is 3.